The molecule has 0 saturated heterocycles. The fraction of sp³-hybridized carbons (Fsp3) is 0.462. The van der Waals surface area contributed by atoms with Gasteiger partial charge in [0.1, 0.15) is 6.54 Å². The molecule has 0 saturated carbocycles. The van der Waals surface area contributed by atoms with E-state index in [-0.39, 0.29) is 13.1 Å². The molecule has 0 N–H and O–H groups in total. The van der Waals surface area contributed by atoms with Crippen LogP contribution < -0.4 is 0 Å². The van der Waals surface area contributed by atoms with E-state index in [9.17, 15) is 13.6 Å². The minimum atomic E-state index is -3.51. The maximum Gasteiger partial charge on any atom is 0.491 e. The Balaban J connectivity index is 2.33. The molecule has 18 heavy (non-hydrogen) atoms. The fourth-order valence-corrected chi connectivity index (χ4v) is 2.36. The van der Waals surface area contributed by atoms with Crippen LogP contribution in [0.4, 0.5) is 8.78 Å². The number of methoxy groups -OCH3 is 1. The first kappa shape index (κ1) is 13.0. The van der Waals surface area contributed by atoms with Gasteiger partial charge in [-0.05, 0) is 5.56 Å². The summed E-state index contributed by atoms with van der Waals surface area (Å²) in [7, 11) is 2.38. The summed E-state index contributed by atoms with van der Waals surface area (Å²) in [6.45, 7) is 0.359. The van der Waals surface area contributed by atoms with E-state index in [2.05, 4.69) is 4.74 Å². The van der Waals surface area contributed by atoms with Crippen LogP contribution in [-0.4, -0.2) is 37.2 Å². The van der Waals surface area contributed by atoms with Gasteiger partial charge in [0.15, 0.2) is 0 Å². The lowest BCUT2D eigenvalue weighted by Gasteiger charge is -2.41. The van der Waals surface area contributed by atoms with Gasteiger partial charge < -0.3 is 4.74 Å². The van der Waals surface area contributed by atoms with Crippen LogP contribution in [0.1, 0.15) is 11.1 Å². The third-order valence-corrected chi connectivity index (χ3v) is 3.62. The number of rotatable bonds is 2. The first-order valence-electron chi connectivity index (χ1n) is 5.78. The highest BCUT2D eigenvalue weighted by atomic mass is 19.3. The molecule has 1 atom stereocenters. The lowest BCUT2D eigenvalue weighted by molar-refractivity contribution is -0.995. The van der Waals surface area contributed by atoms with Crippen molar-refractivity contribution in [3.63, 3.8) is 0 Å². The molecule has 0 aliphatic carbocycles. The number of carbonyl (C=O) groups is 1. The third kappa shape index (κ3) is 1.88. The maximum absolute atomic E-state index is 14.1. The summed E-state index contributed by atoms with van der Waals surface area (Å²) in [5.74, 6) is -1.47. The number of hydrogen-bond acceptors (Lipinski definition) is 2. The summed E-state index contributed by atoms with van der Waals surface area (Å²) < 4.78 is 31.7. The summed E-state index contributed by atoms with van der Waals surface area (Å²) >= 11 is 0. The number of hydrogen-bond donors (Lipinski definition) is 0. The Morgan fingerprint density at radius 2 is 1.94 bits per heavy atom. The van der Waals surface area contributed by atoms with Crippen molar-refractivity contribution in [2.75, 3.05) is 20.7 Å². The number of likely N-dealkylation sites (N-methyl/N-ethyl adjacent to an activating group) is 1. The molecular formula is C13H16F2NO2+. The van der Waals surface area contributed by atoms with Gasteiger partial charge >= 0.3 is 12.0 Å². The summed E-state index contributed by atoms with van der Waals surface area (Å²) in [5, 5.41) is 0. The number of nitrogens with zero attached hydrogens (tertiary/aromatic N) is 1. The van der Waals surface area contributed by atoms with Crippen molar-refractivity contribution in [3.05, 3.63) is 35.4 Å². The summed E-state index contributed by atoms with van der Waals surface area (Å²) in [6, 6.07) is 3.98. The predicted octanol–water partition coefficient (Wildman–Crippen LogP) is 1.96. The molecular weight excluding hydrogens is 240 g/mol. The number of halogens is 2. The average Bonchev–Trinajstić information content (AvgIpc) is 2.37. The van der Waals surface area contributed by atoms with Crippen molar-refractivity contribution < 1.29 is 22.8 Å². The molecule has 0 fully saturated rings. The van der Waals surface area contributed by atoms with E-state index < -0.39 is 16.5 Å². The Hall–Kier alpha value is -1.49. The van der Waals surface area contributed by atoms with Crippen LogP contribution >= 0.6 is 0 Å². The number of quaternary nitrogens is 1. The van der Waals surface area contributed by atoms with Crippen molar-refractivity contribution >= 4 is 5.97 Å². The molecule has 5 heteroatoms. The van der Waals surface area contributed by atoms with Gasteiger partial charge in [0.2, 0.25) is 0 Å². The second-order valence-corrected chi connectivity index (χ2v) is 4.83. The number of alkyl halides is 2. The maximum atomic E-state index is 14.1. The topological polar surface area (TPSA) is 26.3 Å². The van der Waals surface area contributed by atoms with Crippen molar-refractivity contribution in [1.29, 1.82) is 0 Å². The zero-order chi connectivity index (χ0) is 13.4. The molecule has 0 radical (unpaired) electrons. The van der Waals surface area contributed by atoms with Crippen LogP contribution in [0.15, 0.2) is 24.3 Å². The SMILES string of the molecule is COC(=O)C(F)(F)[N+]1(C)CCc2ccccc2C1. The molecule has 1 aromatic carbocycles. The molecule has 1 aromatic rings. The largest absolute Gasteiger partial charge is 0.491 e. The minimum absolute atomic E-state index is 0.137. The predicted molar refractivity (Wildman–Crippen MR) is 61.9 cm³/mol. The number of benzene rings is 1. The van der Waals surface area contributed by atoms with Crippen LogP contribution in [-0.2, 0) is 22.5 Å². The second kappa shape index (κ2) is 4.31. The average molecular weight is 256 g/mol. The standard InChI is InChI=1S/C13H16F2NO2/c1-16(13(14,15)12(17)18-2)8-7-10-5-3-4-6-11(10)9-16/h3-6H,7-9H2,1-2H3/q+1. The summed E-state index contributed by atoms with van der Waals surface area (Å²) in [5.41, 5.74) is 1.95. The lowest BCUT2D eigenvalue weighted by Crippen LogP contribution is -2.63. The molecule has 1 aliphatic rings. The van der Waals surface area contributed by atoms with Gasteiger partial charge in [-0.15, -0.1) is 8.78 Å². The van der Waals surface area contributed by atoms with E-state index in [4.69, 9.17) is 0 Å². The van der Waals surface area contributed by atoms with Crippen molar-refractivity contribution in [1.82, 2.24) is 0 Å². The van der Waals surface area contributed by atoms with Gasteiger partial charge in [-0.1, -0.05) is 24.3 Å². The highest BCUT2D eigenvalue weighted by Crippen LogP contribution is 2.35. The molecule has 0 amide bonds. The monoisotopic (exact) mass is 256 g/mol. The van der Waals surface area contributed by atoms with Crippen molar-refractivity contribution in [3.8, 4) is 0 Å². The molecule has 0 spiro atoms. The summed E-state index contributed by atoms with van der Waals surface area (Å²) in [4.78, 5) is 11.3. The van der Waals surface area contributed by atoms with Gasteiger partial charge in [-0.2, -0.15) is 0 Å². The van der Waals surface area contributed by atoms with Crippen LogP contribution in [0, 0.1) is 0 Å². The van der Waals surface area contributed by atoms with E-state index in [0.29, 0.717) is 6.42 Å². The molecule has 98 valence electrons. The molecule has 3 nitrogen and oxygen atoms in total. The molecule has 1 aliphatic heterocycles. The van der Waals surface area contributed by atoms with Gasteiger partial charge in [-0.3, -0.25) is 4.48 Å². The first-order valence-corrected chi connectivity index (χ1v) is 5.78. The smallest absolute Gasteiger partial charge is 0.460 e. The van der Waals surface area contributed by atoms with Gasteiger partial charge in [0, 0.05) is 12.0 Å². The molecule has 1 heterocycles. The number of ether oxygens (including phenoxy) is 1. The summed E-state index contributed by atoms with van der Waals surface area (Å²) in [6.07, 6.45) is 0.541. The van der Waals surface area contributed by atoms with Crippen LogP contribution in [0.25, 0.3) is 0 Å². The quantitative estimate of drug-likeness (QED) is 0.459. The molecule has 2 rings (SSSR count). The Morgan fingerprint density at radius 1 is 1.33 bits per heavy atom. The van der Waals surface area contributed by atoms with Gasteiger partial charge in [-0.25, -0.2) is 4.79 Å². The van der Waals surface area contributed by atoms with E-state index >= 15 is 0 Å². The molecule has 0 bridgehead atoms. The van der Waals surface area contributed by atoms with Crippen LogP contribution in [0.2, 0.25) is 0 Å². The third-order valence-electron chi connectivity index (χ3n) is 3.62. The Kier molecular flexibility index (Phi) is 3.11. The second-order valence-electron chi connectivity index (χ2n) is 4.83. The highest BCUT2D eigenvalue weighted by molar-refractivity contribution is 5.75. The van der Waals surface area contributed by atoms with Gasteiger partial charge in [0.25, 0.3) is 0 Å². The first-order chi connectivity index (χ1) is 8.40. The van der Waals surface area contributed by atoms with E-state index in [1.54, 1.807) is 0 Å². The zero-order valence-corrected chi connectivity index (χ0v) is 10.5. The van der Waals surface area contributed by atoms with Gasteiger partial charge in [0.05, 0.1) is 20.7 Å². The Bertz CT molecular complexity index is 476. The number of esters is 1. The molecule has 0 aromatic heterocycles. The van der Waals surface area contributed by atoms with Crippen molar-refractivity contribution in [2.45, 2.75) is 19.0 Å². The number of fused-ring (bicyclic) bond motifs is 1. The molecule has 1 unspecified atom stereocenters. The van der Waals surface area contributed by atoms with E-state index in [1.807, 2.05) is 24.3 Å². The van der Waals surface area contributed by atoms with E-state index in [1.165, 1.54) is 7.05 Å². The lowest BCUT2D eigenvalue weighted by atomic mass is 9.98. The normalized spacial score (nSPS) is 23.3. The Labute approximate surface area is 105 Å². The number of carbonyl (C=O) groups excluding carboxylic acids is 1. The Morgan fingerprint density at radius 3 is 2.56 bits per heavy atom. The zero-order valence-electron chi connectivity index (χ0n) is 10.5. The van der Waals surface area contributed by atoms with Crippen LogP contribution in [0.3, 0.4) is 0 Å². The van der Waals surface area contributed by atoms with E-state index in [0.717, 1.165) is 18.2 Å². The van der Waals surface area contributed by atoms with Crippen LogP contribution in [0.5, 0.6) is 0 Å². The highest BCUT2D eigenvalue weighted by Gasteiger charge is 2.59. The fourth-order valence-electron chi connectivity index (χ4n) is 2.36. The minimum Gasteiger partial charge on any atom is -0.460 e. The van der Waals surface area contributed by atoms with Crippen molar-refractivity contribution in [2.24, 2.45) is 0 Å².